The maximum Gasteiger partial charge on any atom is 0.123 e. The van der Waals surface area contributed by atoms with Crippen molar-refractivity contribution in [3.05, 3.63) is 29.6 Å². The predicted molar refractivity (Wildman–Crippen MR) is 76.2 cm³/mol. The lowest BCUT2D eigenvalue weighted by Crippen LogP contribution is -2.32. The van der Waals surface area contributed by atoms with E-state index in [1.165, 1.54) is 6.07 Å². The molecule has 102 valence electrons. The fraction of sp³-hybridized carbons (Fsp3) is 0.600. The third-order valence-electron chi connectivity index (χ3n) is 2.77. The lowest BCUT2D eigenvalue weighted by molar-refractivity contribution is 0.550. The van der Waals surface area contributed by atoms with Crippen molar-refractivity contribution < 1.29 is 4.39 Å². The summed E-state index contributed by atoms with van der Waals surface area (Å²) in [7, 11) is 0. The van der Waals surface area contributed by atoms with Crippen LogP contribution in [0.15, 0.2) is 18.2 Å². The Kier molecular flexibility index (Phi) is 5.60. The molecule has 0 amide bonds. The summed E-state index contributed by atoms with van der Waals surface area (Å²) in [5, 5.41) is 0. The Bertz CT molecular complexity index is 365. The molecule has 0 saturated carbocycles. The van der Waals surface area contributed by atoms with Gasteiger partial charge in [0, 0.05) is 25.3 Å². The number of benzene rings is 1. The van der Waals surface area contributed by atoms with E-state index >= 15 is 0 Å². The molecule has 3 heteroatoms. The van der Waals surface area contributed by atoms with E-state index in [9.17, 15) is 4.39 Å². The van der Waals surface area contributed by atoms with Crippen LogP contribution in [0, 0.1) is 17.7 Å². The van der Waals surface area contributed by atoms with Crippen molar-refractivity contribution in [3.8, 4) is 0 Å². The Hall–Kier alpha value is -1.09. The van der Waals surface area contributed by atoms with E-state index < -0.39 is 0 Å². The second-order valence-corrected chi connectivity index (χ2v) is 5.67. The molecule has 2 N–H and O–H groups in total. The van der Waals surface area contributed by atoms with Crippen LogP contribution in [0.25, 0.3) is 0 Å². The SMILES string of the molecule is CC(C)CN(CC(C)C)c1ccc(F)cc1CN. The zero-order chi connectivity index (χ0) is 13.7. The molecule has 0 aromatic heterocycles. The van der Waals surface area contributed by atoms with E-state index in [1.807, 2.05) is 6.07 Å². The fourth-order valence-corrected chi connectivity index (χ4v) is 2.18. The first-order valence-electron chi connectivity index (χ1n) is 6.67. The third kappa shape index (κ3) is 4.30. The lowest BCUT2D eigenvalue weighted by Gasteiger charge is -2.30. The van der Waals surface area contributed by atoms with E-state index in [2.05, 4.69) is 32.6 Å². The van der Waals surface area contributed by atoms with E-state index in [4.69, 9.17) is 5.73 Å². The molecular formula is C15H25FN2. The van der Waals surface area contributed by atoms with Crippen molar-refractivity contribution in [3.63, 3.8) is 0 Å². The normalized spacial score (nSPS) is 11.3. The molecule has 0 atom stereocenters. The summed E-state index contributed by atoms with van der Waals surface area (Å²) in [5.74, 6) is 0.923. The molecule has 0 unspecified atom stereocenters. The monoisotopic (exact) mass is 252 g/mol. The molecular weight excluding hydrogens is 227 g/mol. The van der Waals surface area contributed by atoms with Crippen LogP contribution in [-0.2, 0) is 6.54 Å². The van der Waals surface area contributed by atoms with Crippen molar-refractivity contribution in [2.24, 2.45) is 17.6 Å². The quantitative estimate of drug-likeness (QED) is 0.840. The Morgan fingerprint density at radius 3 is 2.11 bits per heavy atom. The highest BCUT2D eigenvalue weighted by atomic mass is 19.1. The molecule has 1 aromatic carbocycles. The average molecular weight is 252 g/mol. The Morgan fingerprint density at radius 1 is 1.11 bits per heavy atom. The first-order valence-corrected chi connectivity index (χ1v) is 6.67. The van der Waals surface area contributed by atoms with Crippen LogP contribution in [-0.4, -0.2) is 13.1 Å². The second kappa shape index (κ2) is 6.74. The minimum absolute atomic E-state index is 0.215. The van der Waals surface area contributed by atoms with Gasteiger partial charge in [0.1, 0.15) is 5.82 Å². The molecule has 0 saturated heterocycles. The summed E-state index contributed by atoms with van der Waals surface area (Å²) < 4.78 is 13.2. The molecule has 0 heterocycles. The minimum Gasteiger partial charge on any atom is -0.371 e. The smallest absolute Gasteiger partial charge is 0.123 e. The zero-order valence-corrected chi connectivity index (χ0v) is 11.9. The number of rotatable bonds is 6. The number of nitrogens with zero attached hydrogens (tertiary/aromatic N) is 1. The van der Waals surface area contributed by atoms with Gasteiger partial charge in [-0.2, -0.15) is 0 Å². The number of hydrogen-bond acceptors (Lipinski definition) is 2. The van der Waals surface area contributed by atoms with Gasteiger partial charge < -0.3 is 10.6 Å². The standard InChI is InChI=1S/C15H25FN2/c1-11(2)9-18(10-12(3)4)15-6-5-14(16)7-13(15)8-17/h5-7,11-12H,8-10,17H2,1-4H3. The highest BCUT2D eigenvalue weighted by Gasteiger charge is 2.14. The van der Waals surface area contributed by atoms with Crippen molar-refractivity contribution in [2.45, 2.75) is 34.2 Å². The van der Waals surface area contributed by atoms with Crippen LogP contribution in [0.5, 0.6) is 0 Å². The summed E-state index contributed by atoms with van der Waals surface area (Å²) in [6, 6.07) is 4.91. The zero-order valence-electron chi connectivity index (χ0n) is 11.9. The van der Waals surface area contributed by atoms with Gasteiger partial charge >= 0.3 is 0 Å². The molecule has 0 aliphatic rings. The third-order valence-corrected chi connectivity index (χ3v) is 2.77. The van der Waals surface area contributed by atoms with E-state index in [-0.39, 0.29) is 5.82 Å². The van der Waals surface area contributed by atoms with Crippen molar-refractivity contribution in [2.75, 3.05) is 18.0 Å². The largest absolute Gasteiger partial charge is 0.371 e. The van der Waals surface area contributed by atoms with Gasteiger partial charge in [-0.25, -0.2) is 4.39 Å². The predicted octanol–water partition coefficient (Wildman–Crippen LogP) is 3.40. The van der Waals surface area contributed by atoms with Crippen molar-refractivity contribution in [1.82, 2.24) is 0 Å². The maximum absolute atomic E-state index is 13.2. The van der Waals surface area contributed by atoms with Gasteiger partial charge in [-0.1, -0.05) is 27.7 Å². The Labute approximate surface area is 110 Å². The number of halogens is 1. The highest BCUT2D eigenvalue weighted by Crippen LogP contribution is 2.23. The van der Waals surface area contributed by atoms with E-state index in [0.717, 1.165) is 24.3 Å². The van der Waals surface area contributed by atoms with Gasteiger partial charge in [-0.15, -0.1) is 0 Å². The van der Waals surface area contributed by atoms with Gasteiger partial charge in [-0.05, 0) is 35.6 Å². The molecule has 0 radical (unpaired) electrons. The summed E-state index contributed by atoms with van der Waals surface area (Å²) in [5.41, 5.74) is 7.68. The molecule has 18 heavy (non-hydrogen) atoms. The number of hydrogen-bond donors (Lipinski definition) is 1. The molecule has 0 spiro atoms. The van der Waals surface area contributed by atoms with Gasteiger partial charge in [0.25, 0.3) is 0 Å². The van der Waals surface area contributed by atoms with Crippen molar-refractivity contribution in [1.29, 1.82) is 0 Å². The Morgan fingerprint density at radius 2 is 1.67 bits per heavy atom. The summed E-state index contributed by atoms with van der Waals surface area (Å²) in [4.78, 5) is 2.32. The summed E-state index contributed by atoms with van der Waals surface area (Å²) in [6.45, 7) is 11.1. The van der Waals surface area contributed by atoms with Crippen molar-refractivity contribution >= 4 is 5.69 Å². The van der Waals surface area contributed by atoms with Crippen LogP contribution in [0.4, 0.5) is 10.1 Å². The molecule has 1 aromatic rings. The molecule has 0 fully saturated rings. The van der Waals surface area contributed by atoms with E-state index in [1.54, 1.807) is 6.07 Å². The van der Waals surface area contributed by atoms with Crippen LogP contribution in [0.1, 0.15) is 33.3 Å². The van der Waals surface area contributed by atoms with Gasteiger partial charge in [0.15, 0.2) is 0 Å². The average Bonchev–Trinajstić information content (AvgIpc) is 2.26. The first-order chi connectivity index (χ1) is 8.43. The van der Waals surface area contributed by atoms with Crippen LogP contribution < -0.4 is 10.6 Å². The second-order valence-electron chi connectivity index (χ2n) is 5.67. The van der Waals surface area contributed by atoms with Gasteiger partial charge in [0.05, 0.1) is 0 Å². The van der Waals surface area contributed by atoms with Crippen LogP contribution in [0.2, 0.25) is 0 Å². The van der Waals surface area contributed by atoms with Crippen LogP contribution in [0.3, 0.4) is 0 Å². The highest BCUT2D eigenvalue weighted by molar-refractivity contribution is 5.54. The molecule has 0 aliphatic heterocycles. The Balaban J connectivity index is 3.03. The summed E-state index contributed by atoms with van der Waals surface area (Å²) >= 11 is 0. The first kappa shape index (κ1) is 15.0. The summed E-state index contributed by atoms with van der Waals surface area (Å²) in [6.07, 6.45) is 0. The fourth-order valence-electron chi connectivity index (χ4n) is 2.18. The molecule has 0 bridgehead atoms. The number of nitrogens with two attached hydrogens (primary N) is 1. The lowest BCUT2D eigenvalue weighted by atomic mass is 10.1. The maximum atomic E-state index is 13.2. The van der Waals surface area contributed by atoms with E-state index in [0.29, 0.717) is 18.4 Å². The van der Waals surface area contributed by atoms with Crippen LogP contribution >= 0.6 is 0 Å². The topological polar surface area (TPSA) is 29.3 Å². The number of anilines is 1. The minimum atomic E-state index is -0.215. The van der Waals surface area contributed by atoms with Gasteiger partial charge in [-0.3, -0.25) is 0 Å². The molecule has 2 nitrogen and oxygen atoms in total. The molecule has 1 rings (SSSR count). The molecule has 0 aliphatic carbocycles. The van der Waals surface area contributed by atoms with Gasteiger partial charge in [0.2, 0.25) is 0 Å².